The summed E-state index contributed by atoms with van der Waals surface area (Å²) in [4.78, 5) is 11.3. The number of ketones is 1. The molecule has 106 valence electrons. The summed E-state index contributed by atoms with van der Waals surface area (Å²) in [5, 5.41) is 0.461. The number of unbranched alkanes of at least 4 members (excludes halogenated alkanes) is 3. The number of carbonyl (C=O) groups is 1. The first-order valence-corrected chi connectivity index (χ1v) is 7.39. The van der Waals surface area contributed by atoms with Crippen LogP contribution in [-0.2, 0) is 0 Å². The number of halogens is 1. The van der Waals surface area contributed by atoms with Crippen LogP contribution in [0.15, 0.2) is 18.2 Å². The zero-order valence-corrected chi connectivity index (χ0v) is 12.8. The van der Waals surface area contributed by atoms with E-state index in [1.807, 2.05) is 6.07 Å². The molecule has 0 saturated carbocycles. The first-order valence-electron chi connectivity index (χ1n) is 7.01. The Morgan fingerprint density at radius 3 is 2.63 bits per heavy atom. The van der Waals surface area contributed by atoms with Crippen LogP contribution in [0.2, 0.25) is 5.02 Å². The molecule has 1 rings (SSSR count). The van der Waals surface area contributed by atoms with Crippen LogP contribution in [0, 0.1) is 0 Å². The molecule has 0 fully saturated rings. The van der Waals surface area contributed by atoms with E-state index in [0.29, 0.717) is 10.6 Å². The number of carbonyl (C=O) groups excluding carboxylic acids is 1. The van der Waals surface area contributed by atoms with E-state index >= 15 is 0 Å². The van der Waals surface area contributed by atoms with Gasteiger partial charge in [0, 0.05) is 5.56 Å². The molecule has 0 heterocycles. The summed E-state index contributed by atoms with van der Waals surface area (Å²) in [5.41, 5.74) is 0.546. The number of Topliss-reactive ketones (excluding diaryl/α,β-unsaturated/α-hetero) is 1. The van der Waals surface area contributed by atoms with Crippen molar-refractivity contribution >= 4 is 17.4 Å². The fourth-order valence-electron chi connectivity index (χ4n) is 2.00. The maximum atomic E-state index is 11.3. The van der Waals surface area contributed by atoms with Gasteiger partial charge in [0.05, 0.1) is 11.1 Å². The van der Waals surface area contributed by atoms with Crippen molar-refractivity contribution < 1.29 is 9.53 Å². The second-order valence-corrected chi connectivity index (χ2v) is 5.38. The third-order valence-electron chi connectivity index (χ3n) is 3.12. The maximum Gasteiger partial charge on any atom is 0.161 e. The second kappa shape index (κ2) is 8.21. The van der Waals surface area contributed by atoms with Crippen LogP contribution in [0.4, 0.5) is 0 Å². The van der Waals surface area contributed by atoms with Crippen LogP contribution in [0.25, 0.3) is 0 Å². The van der Waals surface area contributed by atoms with Crippen molar-refractivity contribution in [2.24, 2.45) is 0 Å². The molecule has 0 bridgehead atoms. The van der Waals surface area contributed by atoms with Gasteiger partial charge in [-0.3, -0.25) is 4.79 Å². The van der Waals surface area contributed by atoms with E-state index < -0.39 is 0 Å². The van der Waals surface area contributed by atoms with Gasteiger partial charge in [-0.2, -0.15) is 0 Å². The molecule has 1 atom stereocenters. The summed E-state index contributed by atoms with van der Waals surface area (Å²) in [6.45, 7) is 5.79. The first-order chi connectivity index (χ1) is 9.04. The molecule has 0 aliphatic carbocycles. The smallest absolute Gasteiger partial charge is 0.161 e. The van der Waals surface area contributed by atoms with E-state index in [2.05, 4.69) is 13.8 Å². The van der Waals surface area contributed by atoms with Gasteiger partial charge in [-0.15, -0.1) is 0 Å². The fraction of sp³-hybridized carbons (Fsp3) is 0.562. The third kappa shape index (κ3) is 5.65. The highest BCUT2D eigenvalue weighted by Crippen LogP contribution is 2.24. The van der Waals surface area contributed by atoms with Crippen LogP contribution in [-0.4, -0.2) is 11.9 Å². The van der Waals surface area contributed by atoms with E-state index in [9.17, 15) is 4.79 Å². The summed E-state index contributed by atoms with van der Waals surface area (Å²) in [6, 6.07) is 5.26. The summed E-state index contributed by atoms with van der Waals surface area (Å²) < 4.78 is 5.81. The summed E-state index contributed by atoms with van der Waals surface area (Å²) in [5.74, 6) is 0.710. The van der Waals surface area contributed by atoms with Crippen LogP contribution in [0.1, 0.15) is 63.2 Å². The highest BCUT2D eigenvalue weighted by atomic mass is 35.5. The molecular formula is C16H23ClO2. The topological polar surface area (TPSA) is 26.3 Å². The lowest BCUT2D eigenvalue weighted by Gasteiger charge is -2.15. The summed E-state index contributed by atoms with van der Waals surface area (Å²) in [7, 11) is 0. The Morgan fingerprint density at radius 1 is 1.32 bits per heavy atom. The molecule has 0 saturated heterocycles. The Morgan fingerprint density at radius 2 is 2.05 bits per heavy atom. The van der Waals surface area contributed by atoms with Crippen molar-refractivity contribution in [1.29, 1.82) is 0 Å². The lowest BCUT2D eigenvalue weighted by atomic mass is 10.1. The Balaban J connectivity index is 2.48. The minimum Gasteiger partial charge on any atom is -0.491 e. The number of hydrogen-bond acceptors (Lipinski definition) is 2. The van der Waals surface area contributed by atoms with E-state index in [1.165, 1.54) is 32.6 Å². The SMILES string of the molecule is CCCCCCC(C)Oc1ccc(C(C)=O)c(Cl)c1. The molecule has 2 nitrogen and oxygen atoms in total. The first kappa shape index (κ1) is 16.0. The Bertz CT molecular complexity index is 415. The van der Waals surface area contributed by atoms with Gasteiger partial charge in [-0.05, 0) is 44.9 Å². The lowest BCUT2D eigenvalue weighted by Crippen LogP contribution is -2.11. The minimum atomic E-state index is -0.0239. The van der Waals surface area contributed by atoms with E-state index in [0.717, 1.165) is 12.2 Å². The van der Waals surface area contributed by atoms with Crippen molar-refractivity contribution in [2.75, 3.05) is 0 Å². The highest BCUT2D eigenvalue weighted by molar-refractivity contribution is 6.34. The Kier molecular flexibility index (Phi) is 6.93. The van der Waals surface area contributed by atoms with Gasteiger partial charge in [-0.1, -0.05) is 37.8 Å². The minimum absolute atomic E-state index is 0.0239. The van der Waals surface area contributed by atoms with E-state index in [4.69, 9.17) is 16.3 Å². The van der Waals surface area contributed by atoms with Crippen LogP contribution >= 0.6 is 11.6 Å². The van der Waals surface area contributed by atoms with E-state index in [1.54, 1.807) is 12.1 Å². The molecule has 1 aromatic rings. The second-order valence-electron chi connectivity index (χ2n) is 4.98. The maximum absolute atomic E-state index is 11.3. The molecule has 0 aromatic heterocycles. The molecule has 1 unspecified atom stereocenters. The Labute approximate surface area is 121 Å². The predicted octanol–water partition coefficient (Wildman–Crippen LogP) is 5.28. The van der Waals surface area contributed by atoms with Crippen molar-refractivity contribution in [1.82, 2.24) is 0 Å². The molecular weight excluding hydrogens is 260 g/mol. The average molecular weight is 283 g/mol. The quantitative estimate of drug-likeness (QED) is 0.479. The van der Waals surface area contributed by atoms with E-state index in [-0.39, 0.29) is 11.9 Å². The van der Waals surface area contributed by atoms with Crippen molar-refractivity contribution in [3.8, 4) is 5.75 Å². The normalized spacial score (nSPS) is 12.2. The van der Waals surface area contributed by atoms with Crippen molar-refractivity contribution in [3.05, 3.63) is 28.8 Å². The molecule has 19 heavy (non-hydrogen) atoms. The van der Waals surface area contributed by atoms with Crippen molar-refractivity contribution in [3.63, 3.8) is 0 Å². The molecule has 0 radical (unpaired) electrons. The molecule has 3 heteroatoms. The molecule has 0 spiro atoms. The van der Waals surface area contributed by atoms with Gasteiger partial charge in [0.1, 0.15) is 5.75 Å². The number of ether oxygens (including phenoxy) is 1. The van der Waals surface area contributed by atoms with Gasteiger partial charge in [-0.25, -0.2) is 0 Å². The lowest BCUT2D eigenvalue weighted by molar-refractivity contribution is 0.101. The monoisotopic (exact) mass is 282 g/mol. The zero-order valence-electron chi connectivity index (χ0n) is 12.0. The van der Waals surface area contributed by atoms with Gasteiger partial charge in [0.25, 0.3) is 0 Å². The molecule has 1 aromatic carbocycles. The van der Waals surface area contributed by atoms with Gasteiger partial charge in [0.2, 0.25) is 0 Å². The molecule has 0 aliphatic heterocycles. The largest absolute Gasteiger partial charge is 0.491 e. The summed E-state index contributed by atoms with van der Waals surface area (Å²) in [6.07, 6.45) is 6.20. The van der Waals surface area contributed by atoms with Crippen molar-refractivity contribution in [2.45, 2.75) is 59.0 Å². The standard InChI is InChI=1S/C16H23ClO2/c1-4-5-6-7-8-12(2)19-14-9-10-15(13(3)18)16(17)11-14/h9-12H,4-8H2,1-3H3. The molecule has 0 aliphatic rings. The van der Waals surface area contributed by atoms with Crippen LogP contribution in [0.5, 0.6) is 5.75 Å². The Hall–Kier alpha value is -1.02. The zero-order chi connectivity index (χ0) is 14.3. The molecule has 0 N–H and O–H groups in total. The van der Waals surface area contributed by atoms with Gasteiger partial charge in [0.15, 0.2) is 5.78 Å². The highest BCUT2D eigenvalue weighted by Gasteiger charge is 2.09. The van der Waals surface area contributed by atoms with Gasteiger partial charge < -0.3 is 4.74 Å². The van der Waals surface area contributed by atoms with Crippen LogP contribution < -0.4 is 4.74 Å². The number of rotatable bonds is 8. The number of hydrogen-bond donors (Lipinski definition) is 0. The fourth-order valence-corrected chi connectivity index (χ4v) is 2.31. The summed E-state index contributed by atoms with van der Waals surface area (Å²) >= 11 is 6.05. The molecule has 0 amide bonds. The average Bonchev–Trinajstić information content (AvgIpc) is 2.34. The van der Waals surface area contributed by atoms with Crippen LogP contribution in [0.3, 0.4) is 0 Å². The van der Waals surface area contributed by atoms with Gasteiger partial charge >= 0.3 is 0 Å². The third-order valence-corrected chi connectivity index (χ3v) is 3.43. The number of benzene rings is 1. The predicted molar refractivity (Wildman–Crippen MR) is 80.3 cm³/mol.